The van der Waals surface area contributed by atoms with E-state index >= 15 is 0 Å². The normalized spacial score (nSPS) is 21.8. The second-order valence-electron chi connectivity index (χ2n) is 8.14. The average Bonchev–Trinajstić information content (AvgIpc) is 2.64. The van der Waals surface area contributed by atoms with E-state index in [0.717, 1.165) is 25.7 Å². The lowest BCUT2D eigenvalue weighted by molar-refractivity contribution is 0.0480. The number of amides is 1. The zero-order valence-electron chi connectivity index (χ0n) is 18.1. The summed E-state index contributed by atoms with van der Waals surface area (Å²) >= 11 is 6.22. The van der Waals surface area contributed by atoms with Gasteiger partial charge < -0.3 is 20.1 Å². The van der Waals surface area contributed by atoms with Crippen molar-refractivity contribution >= 4 is 23.9 Å². The van der Waals surface area contributed by atoms with Gasteiger partial charge in [0.05, 0.1) is 12.8 Å². The summed E-state index contributed by atoms with van der Waals surface area (Å²) in [5.41, 5.74) is -0.708. The number of hydrogen-bond acceptors (Lipinski definition) is 5. The first-order chi connectivity index (χ1) is 13.7. The van der Waals surface area contributed by atoms with Gasteiger partial charge in [-0.25, -0.2) is 4.79 Å². The van der Waals surface area contributed by atoms with Crippen molar-refractivity contribution in [2.45, 2.75) is 70.0 Å². The van der Waals surface area contributed by atoms with E-state index in [2.05, 4.69) is 22.2 Å². The number of hydrogen-bond donors (Lipinski definition) is 2. The molecule has 6 nitrogen and oxygen atoms in total. The molecule has 1 aliphatic rings. The molecule has 1 fully saturated rings. The van der Waals surface area contributed by atoms with Crippen molar-refractivity contribution < 1.29 is 14.3 Å². The van der Waals surface area contributed by atoms with Crippen molar-refractivity contribution in [3.05, 3.63) is 36.8 Å². The molecule has 1 aliphatic carbocycles. The van der Waals surface area contributed by atoms with Gasteiger partial charge in [-0.15, -0.1) is 0 Å². The summed E-state index contributed by atoms with van der Waals surface area (Å²) in [6.07, 6.45) is 13.1. The number of rotatable bonds is 10. The van der Waals surface area contributed by atoms with Crippen LogP contribution in [0, 0.1) is 5.92 Å². The minimum atomic E-state index is -0.475. The smallest absolute Gasteiger partial charge is 0.407 e. The largest absolute Gasteiger partial charge is 0.490 e. The van der Waals surface area contributed by atoms with Crippen LogP contribution in [0.1, 0.15) is 52.9 Å². The minimum absolute atomic E-state index is 0.163. The molecule has 0 aromatic heterocycles. The maximum atomic E-state index is 11.9. The zero-order chi connectivity index (χ0) is 21.7. The zero-order valence-corrected chi connectivity index (χ0v) is 18.9. The summed E-state index contributed by atoms with van der Waals surface area (Å²) < 4.78 is 11.3. The van der Waals surface area contributed by atoms with E-state index in [0.29, 0.717) is 24.7 Å². The Morgan fingerprint density at radius 3 is 2.59 bits per heavy atom. The summed E-state index contributed by atoms with van der Waals surface area (Å²) in [5, 5.41) is 6.07. The molecule has 7 heteroatoms. The number of alkyl halides is 1. The highest BCUT2D eigenvalue weighted by atomic mass is 35.5. The number of carbonyl (C=O) groups is 1. The van der Waals surface area contributed by atoms with Crippen molar-refractivity contribution in [2.24, 2.45) is 10.9 Å². The van der Waals surface area contributed by atoms with Crippen molar-refractivity contribution in [1.29, 1.82) is 0 Å². The van der Waals surface area contributed by atoms with Crippen LogP contribution in [-0.2, 0) is 9.47 Å². The van der Waals surface area contributed by atoms with Crippen LogP contribution in [0.3, 0.4) is 0 Å². The van der Waals surface area contributed by atoms with Crippen molar-refractivity contribution in [3.8, 4) is 0 Å². The van der Waals surface area contributed by atoms with Gasteiger partial charge in [-0.2, -0.15) is 0 Å². The SMILES string of the molecule is C=C/C=C\CC(Cl)NC=C(C=NC)OCC1CCC(NC(=O)OC(C)(C)C)CC1. The Bertz CT molecular complexity index is 589. The van der Waals surface area contributed by atoms with Crippen LogP contribution in [0.5, 0.6) is 0 Å². The molecule has 0 heterocycles. The first-order valence-electron chi connectivity index (χ1n) is 10.2. The molecule has 0 aliphatic heterocycles. The van der Waals surface area contributed by atoms with Crippen molar-refractivity contribution in [3.63, 3.8) is 0 Å². The number of allylic oxidation sites excluding steroid dienone is 3. The number of nitrogens with zero attached hydrogens (tertiary/aromatic N) is 1. The molecule has 29 heavy (non-hydrogen) atoms. The Hall–Kier alpha value is -1.95. The molecule has 0 radical (unpaired) electrons. The van der Waals surface area contributed by atoms with Gasteiger partial charge in [0.1, 0.15) is 11.1 Å². The third kappa shape index (κ3) is 12.3. The fourth-order valence-corrected chi connectivity index (χ4v) is 3.11. The lowest BCUT2D eigenvalue weighted by atomic mass is 9.86. The number of halogens is 1. The van der Waals surface area contributed by atoms with Crippen LogP contribution < -0.4 is 10.6 Å². The standard InChI is InChI=1S/C22H36ClN3O3/c1-6-7-8-9-20(23)25-15-19(14-24-5)28-16-17-10-12-18(13-11-17)26-21(27)29-22(2,3)4/h6-8,14-15,17-18,20,25H,1,9-13,16H2,2-5H3,(H,26,27)/b8-7-,19-15?,24-14?. The molecule has 1 saturated carbocycles. The molecule has 1 amide bonds. The summed E-state index contributed by atoms with van der Waals surface area (Å²) in [6, 6.07) is 0.163. The highest BCUT2D eigenvalue weighted by Crippen LogP contribution is 2.25. The number of carbonyl (C=O) groups excluding carboxylic acids is 1. The Kier molecular flexibility index (Phi) is 11.5. The van der Waals surface area contributed by atoms with E-state index in [4.69, 9.17) is 21.1 Å². The molecule has 0 aromatic carbocycles. The second-order valence-corrected chi connectivity index (χ2v) is 8.67. The molecule has 0 saturated heterocycles. The number of nitrogens with one attached hydrogen (secondary N) is 2. The third-order valence-corrected chi connectivity index (χ3v) is 4.64. The average molecular weight is 426 g/mol. The van der Waals surface area contributed by atoms with E-state index in [1.165, 1.54) is 0 Å². The number of ether oxygens (including phenoxy) is 2. The Morgan fingerprint density at radius 1 is 1.31 bits per heavy atom. The molecule has 0 spiro atoms. The first kappa shape index (κ1) is 25.1. The predicted molar refractivity (Wildman–Crippen MR) is 120 cm³/mol. The van der Waals surface area contributed by atoms with Gasteiger partial charge in [-0.3, -0.25) is 4.99 Å². The van der Waals surface area contributed by atoms with Crippen LogP contribution >= 0.6 is 11.6 Å². The molecular weight excluding hydrogens is 390 g/mol. The van der Waals surface area contributed by atoms with E-state index < -0.39 is 5.60 Å². The van der Waals surface area contributed by atoms with Gasteiger partial charge in [0.2, 0.25) is 0 Å². The maximum Gasteiger partial charge on any atom is 0.407 e. The summed E-state index contributed by atoms with van der Waals surface area (Å²) in [6.45, 7) is 9.84. The van der Waals surface area contributed by atoms with Crippen LogP contribution in [-0.4, -0.2) is 43.1 Å². The number of aliphatic imine (C=N–C) groups is 1. The van der Waals surface area contributed by atoms with Gasteiger partial charge in [0.15, 0.2) is 5.76 Å². The highest BCUT2D eigenvalue weighted by Gasteiger charge is 2.25. The molecule has 0 bridgehead atoms. The monoisotopic (exact) mass is 425 g/mol. The summed E-state index contributed by atoms with van der Waals surface area (Å²) in [7, 11) is 1.70. The Labute approximate surface area is 180 Å². The van der Waals surface area contributed by atoms with Crippen molar-refractivity contribution in [2.75, 3.05) is 13.7 Å². The van der Waals surface area contributed by atoms with Gasteiger partial charge in [-0.1, -0.05) is 36.4 Å². The lowest BCUT2D eigenvalue weighted by Gasteiger charge is -2.30. The quantitative estimate of drug-likeness (QED) is 0.171. The van der Waals surface area contributed by atoms with E-state index in [1.54, 1.807) is 25.5 Å². The third-order valence-electron chi connectivity index (χ3n) is 4.33. The topological polar surface area (TPSA) is 72.0 Å². The van der Waals surface area contributed by atoms with Crippen LogP contribution in [0.2, 0.25) is 0 Å². The number of alkyl carbamates (subject to hydrolysis) is 1. The van der Waals surface area contributed by atoms with Crippen molar-refractivity contribution in [1.82, 2.24) is 10.6 Å². The van der Waals surface area contributed by atoms with Gasteiger partial charge in [0.25, 0.3) is 0 Å². The molecule has 164 valence electrons. The van der Waals surface area contributed by atoms with Crippen LogP contribution in [0.25, 0.3) is 0 Å². The molecular formula is C22H36ClN3O3. The lowest BCUT2D eigenvalue weighted by Crippen LogP contribution is -2.41. The molecule has 1 atom stereocenters. The van der Waals surface area contributed by atoms with Gasteiger partial charge in [-0.05, 0) is 58.8 Å². The van der Waals surface area contributed by atoms with E-state index in [-0.39, 0.29) is 17.6 Å². The van der Waals surface area contributed by atoms with Gasteiger partial charge in [0, 0.05) is 19.3 Å². The first-order valence-corrected chi connectivity index (χ1v) is 10.6. The van der Waals surface area contributed by atoms with Crippen LogP contribution in [0.4, 0.5) is 4.79 Å². The van der Waals surface area contributed by atoms with E-state index in [1.807, 2.05) is 32.9 Å². The summed E-state index contributed by atoms with van der Waals surface area (Å²) in [4.78, 5) is 15.9. The molecule has 0 aromatic rings. The van der Waals surface area contributed by atoms with Gasteiger partial charge >= 0.3 is 6.09 Å². The summed E-state index contributed by atoms with van der Waals surface area (Å²) in [5.74, 6) is 1.10. The fourth-order valence-electron chi connectivity index (χ4n) is 2.94. The maximum absolute atomic E-state index is 11.9. The molecule has 1 rings (SSSR count). The van der Waals surface area contributed by atoms with E-state index in [9.17, 15) is 4.79 Å². The Balaban J connectivity index is 2.37. The van der Waals surface area contributed by atoms with Crippen LogP contribution in [0.15, 0.2) is 41.8 Å². The predicted octanol–water partition coefficient (Wildman–Crippen LogP) is 4.92. The second kappa shape index (κ2) is 13.3. The molecule has 1 unspecified atom stereocenters. The minimum Gasteiger partial charge on any atom is -0.490 e. The highest BCUT2D eigenvalue weighted by molar-refractivity contribution is 6.20. The fraction of sp³-hybridized carbons (Fsp3) is 0.636. The Morgan fingerprint density at radius 2 is 2.00 bits per heavy atom. The molecule has 2 N–H and O–H groups in total.